The van der Waals surface area contributed by atoms with E-state index in [1.54, 1.807) is 7.11 Å². The third-order valence-corrected chi connectivity index (χ3v) is 4.34. The highest BCUT2D eigenvalue weighted by molar-refractivity contribution is 6.32. The molecule has 4 heteroatoms. The van der Waals surface area contributed by atoms with Crippen LogP contribution in [0.15, 0.2) is 12.1 Å². The summed E-state index contributed by atoms with van der Waals surface area (Å²) in [5.41, 5.74) is 1.11. The minimum absolute atomic E-state index is 0.637. The minimum Gasteiger partial charge on any atom is -0.493 e. The van der Waals surface area contributed by atoms with Crippen LogP contribution in [0, 0.1) is 5.92 Å². The van der Waals surface area contributed by atoms with Gasteiger partial charge in [0, 0.05) is 6.54 Å². The average Bonchev–Trinajstić information content (AvgIpc) is 2.52. The Labute approximate surface area is 133 Å². The molecule has 1 aromatic rings. The van der Waals surface area contributed by atoms with Gasteiger partial charge < -0.3 is 14.8 Å². The third kappa shape index (κ3) is 4.79. The zero-order valence-electron chi connectivity index (χ0n) is 13.1. The van der Waals surface area contributed by atoms with Crippen molar-refractivity contribution in [3.8, 4) is 11.5 Å². The van der Waals surface area contributed by atoms with Crippen LogP contribution in [0.5, 0.6) is 11.5 Å². The molecule has 0 saturated heterocycles. The molecule has 0 atom stereocenters. The van der Waals surface area contributed by atoms with E-state index in [1.807, 2.05) is 12.1 Å². The number of halogens is 1. The van der Waals surface area contributed by atoms with E-state index in [9.17, 15) is 0 Å². The van der Waals surface area contributed by atoms with Gasteiger partial charge in [-0.15, -0.1) is 0 Å². The molecule has 1 aliphatic carbocycles. The van der Waals surface area contributed by atoms with Crippen LogP contribution in [0.2, 0.25) is 5.02 Å². The SMILES string of the molecule is CCNCc1cc(Cl)c(OCC2CCCCC2)c(OC)c1. The molecule has 1 saturated carbocycles. The number of ether oxygens (including phenoxy) is 2. The lowest BCUT2D eigenvalue weighted by Crippen LogP contribution is -2.16. The third-order valence-electron chi connectivity index (χ3n) is 4.06. The van der Waals surface area contributed by atoms with Gasteiger partial charge in [-0.25, -0.2) is 0 Å². The summed E-state index contributed by atoms with van der Waals surface area (Å²) in [6.07, 6.45) is 6.53. The fourth-order valence-corrected chi connectivity index (χ4v) is 3.13. The predicted molar refractivity (Wildman–Crippen MR) is 87.5 cm³/mol. The van der Waals surface area contributed by atoms with E-state index >= 15 is 0 Å². The number of hydrogen-bond donors (Lipinski definition) is 1. The molecular weight excluding hydrogens is 286 g/mol. The van der Waals surface area contributed by atoms with Gasteiger partial charge in [-0.05, 0) is 43.0 Å². The molecule has 118 valence electrons. The Morgan fingerprint density at radius 1 is 1.24 bits per heavy atom. The first-order valence-corrected chi connectivity index (χ1v) is 8.32. The fraction of sp³-hybridized carbons (Fsp3) is 0.647. The molecule has 1 N–H and O–H groups in total. The smallest absolute Gasteiger partial charge is 0.179 e. The van der Waals surface area contributed by atoms with Crippen LogP contribution in [0.3, 0.4) is 0 Å². The van der Waals surface area contributed by atoms with Gasteiger partial charge in [0.15, 0.2) is 11.5 Å². The van der Waals surface area contributed by atoms with E-state index in [0.717, 1.165) is 31.0 Å². The number of methoxy groups -OCH3 is 1. The van der Waals surface area contributed by atoms with Crippen LogP contribution in [0.4, 0.5) is 0 Å². The van der Waals surface area contributed by atoms with Gasteiger partial charge in [-0.3, -0.25) is 0 Å². The van der Waals surface area contributed by atoms with Gasteiger partial charge >= 0.3 is 0 Å². The molecule has 0 unspecified atom stereocenters. The standard InChI is InChI=1S/C17H26ClNO2/c1-3-19-11-14-9-15(18)17(16(10-14)20-2)21-12-13-7-5-4-6-8-13/h9-10,13,19H,3-8,11-12H2,1-2H3. The highest BCUT2D eigenvalue weighted by Crippen LogP contribution is 2.37. The Morgan fingerprint density at radius 3 is 2.67 bits per heavy atom. The normalized spacial score (nSPS) is 16.0. The molecule has 0 aliphatic heterocycles. The summed E-state index contributed by atoms with van der Waals surface area (Å²) in [5.74, 6) is 2.07. The Bertz CT molecular complexity index is 445. The van der Waals surface area contributed by atoms with Crippen LogP contribution in [-0.2, 0) is 6.54 Å². The summed E-state index contributed by atoms with van der Waals surface area (Å²) < 4.78 is 11.4. The predicted octanol–water partition coefficient (Wildman–Crippen LogP) is 4.42. The van der Waals surface area contributed by atoms with Gasteiger partial charge in [0.1, 0.15) is 0 Å². The van der Waals surface area contributed by atoms with E-state index in [0.29, 0.717) is 16.7 Å². The van der Waals surface area contributed by atoms with Crippen LogP contribution in [0.25, 0.3) is 0 Å². The molecule has 0 heterocycles. The quantitative estimate of drug-likeness (QED) is 0.808. The van der Waals surface area contributed by atoms with E-state index in [2.05, 4.69) is 12.2 Å². The number of nitrogens with one attached hydrogen (secondary N) is 1. The first-order valence-electron chi connectivity index (χ1n) is 7.94. The maximum atomic E-state index is 6.38. The maximum Gasteiger partial charge on any atom is 0.179 e. The second-order valence-electron chi connectivity index (χ2n) is 5.70. The molecule has 1 aromatic carbocycles. The van der Waals surface area contributed by atoms with Crippen molar-refractivity contribution in [3.05, 3.63) is 22.7 Å². The summed E-state index contributed by atoms with van der Waals surface area (Å²) in [4.78, 5) is 0. The Hall–Kier alpha value is -0.930. The lowest BCUT2D eigenvalue weighted by Gasteiger charge is -2.23. The van der Waals surface area contributed by atoms with Crippen molar-refractivity contribution in [2.24, 2.45) is 5.92 Å². The summed E-state index contributed by atoms with van der Waals surface area (Å²) in [6, 6.07) is 3.97. The van der Waals surface area contributed by atoms with Crippen molar-refractivity contribution in [3.63, 3.8) is 0 Å². The summed E-state index contributed by atoms with van der Waals surface area (Å²) in [5, 5.41) is 3.93. The summed E-state index contributed by atoms with van der Waals surface area (Å²) >= 11 is 6.38. The molecule has 1 fully saturated rings. The number of benzene rings is 1. The highest BCUT2D eigenvalue weighted by Gasteiger charge is 2.17. The Kier molecular flexibility index (Phi) is 6.65. The molecule has 3 nitrogen and oxygen atoms in total. The van der Waals surface area contributed by atoms with Gasteiger partial charge in [0.25, 0.3) is 0 Å². The van der Waals surface area contributed by atoms with Gasteiger partial charge in [0.2, 0.25) is 0 Å². The largest absolute Gasteiger partial charge is 0.493 e. The van der Waals surface area contributed by atoms with Crippen LogP contribution < -0.4 is 14.8 Å². The molecule has 2 rings (SSSR count). The number of hydrogen-bond acceptors (Lipinski definition) is 3. The second kappa shape index (κ2) is 8.50. The van der Waals surface area contributed by atoms with Crippen molar-refractivity contribution in [1.29, 1.82) is 0 Å². The van der Waals surface area contributed by atoms with E-state index in [-0.39, 0.29) is 0 Å². The van der Waals surface area contributed by atoms with E-state index < -0.39 is 0 Å². The minimum atomic E-state index is 0.637. The zero-order valence-corrected chi connectivity index (χ0v) is 13.8. The van der Waals surface area contributed by atoms with Crippen LogP contribution >= 0.6 is 11.6 Å². The summed E-state index contributed by atoms with van der Waals surface area (Å²) in [7, 11) is 1.66. The van der Waals surface area contributed by atoms with Crippen LogP contribution in [-0.4, -0.2) is 20.3 Å². The van der Waals surface area contributed by atoms with Crippen molar-refractivity contribution in [2.75, 3.05) is 20.3 Å². The molecule has 1 aliphatic rings. The molecule has 0 radical (unpaired) electrons. The highest BCUT2D eigenvalue weighted by atomic mass is 35.5. The first kappa shape index (κ1) is 16.4. The first-order chi connectivity index (χ1) is 10.2. The van der Waals surface area contributed by atoms with Crippen LogP contribution in [0.1, 0.15) is 44.6 Å². The van der Waals surface area contributed by atoms with Crippen molar-refractivity contribution in [2.45, 2.75) is 45.6 Å². The fourth-order valence-electron chi connectivity index (χ4n) is 2.84. The Balaban J connectivity index is 2.03. The Morgan fingerprint density at radius 2 is 2.00 bits per heavy atom. The van der Waals surface area contributed by atoms with E-state index in [1.165, 1.54) is 32.1 Å². The van der Waals surface area contributed by atoms with Gasteiger partial charge in [-0.1, -0.05) is 37.8 Å². The van der Waals surface area contributed by atoms with Crippen molar-refractivity contribution < 1.29 is 9.47 Å². The lowest BCUT2D eigenvalue weighted by molar-refractivity contribution is 0.202. The molecule has 21 heavy (non-hydrogen) atoms. The van der Waals surface area contributed by atoms with Gasteiger partial charge in [-0.2, -0.15) is 0 Å². The molecular formula is C17H26ClNO2. The summed E-state index contributed by atoms with van der Waals surface area (Å²) in [6.45, 7) is 4.54. The molecule has 0 aromatic heterocycles. The topological polar surface area (TPSA) is 30.5 Å². The molecule has 0 bridgehead atoms. The maximum absolute atomic E-state index is 6.38. The molecule has 0 amide bonds. The van der Waals surface area contributed by atoms with Crippen molar-refractivity contribution in [1.82, 2.24) is 5.32 Å². The van der Waals surface area contributed by atoms with Gasteiger partial charge in [0.05, 0.1) is 18.7 Å². The second-order valence-corrected chi connectivity index (χ2v) is 6.11. The lowest BCUT2D eigenvalue weighted by atomic mass is 9.90. The zero-order chi connectivity index (χ0) is 15.1. The average molecular weight is 312 g/mol. The monoisotopic (exact) mass is 311 g/mol. The number of rotatable bonds is 7. The molecule has 0 spiro atoms. The van der Waals surface area contributed by atoms with E-state index in [4.69, 9.17) is 21.1 Å². The van der Waals surface area contributed by atoms with Crippen molar-refractivity contribution >= 4 is 11.6 Å².